The van der Waals surface area contributed by atoms with E-state index in [2.05, 4.69) is 30.3 Å². The molecule has 0 fully saturated rings. The van der Waals surface area contributed by atoms with E-state index in [1.54, 1.807) is 12.1 Å². The number of imide groups is 1. The predicted molar refractivity (Wildman–Crippen MR) is 199 cm³/mol. The number of hydrogen-bond acceptors (Lipinski definition) is 3. The molecule has 2 amide bonds. The van der Waals surface area contributed by atoms with Gasteiger partial charge in [0.25, 0.3) is 11.8 Å². The second kappa shape index (κ2) is 11.6. The van der Waals surface area contributed by atoms with Gasteiger partial charge in [-0.05, 0) is 64.7 Å². The predicted octanol–water partition coefficient (Wildman–Crippen LogP) is 10.5. The maximum atomic E-state index is 15.1. The van der Waals surface area contributed by atoms with Gasteiger partial charge >= 0.3 is 0 Å². The fourth-order valence-corrected chi connectivity index (χ4v) is 7.38. The lowest BCUT2D eigenvalue weighted by atomic mass is 9.90. The smallest absolute Gasteiger partial charge is 0.268 e. The minimum Gasteiger partial charge on any atom is -0.308 e. The summed E-state index contributed by atoms with van der Waals surface area (Å²) in [5.41, 5.74) is 9.31. The summed E-state index contributed by atoms with van der Waals surface area (Å²) in [6.07, 6.45) is 0. The monoisotopic (exact) mass is 641 g/mol. The van der Waals surface area contributed by atoms with E-state index in [0.717, 1.165) is 55.2 Å². The van der Waals surface area contributed by atoms with Crippen molar-refractivity contribution in [3.8, 4) is 45.1 Å². The Morgan fingerprint density at radius 1 is 0.480 bits per heavy atom. The summed E-state index contributed by atoms with van der Waals surface area (Å²) < 4.78 is 2.01. The minimum absolute atomic E-state index is 0.327. The van der Waals surface area contributed by atoms with Gasteiger partial charge in [-0.2, -0.15) is 5.26 Å². The third kappa shape index (κ3) is 4.40. The van der Waals surface area contributed by atoms with E-state index in [9.17, 15) is 10.1 Å². The number of nitriles is 1. The van der Waals surface area contributed by atoms with Crippen LogP contribution in [0.25, 0.3) is 60.9 Å². The number of aromatic nitrogens is 1. The van der Waals surface area contributed by atoms with Gasteiger partial charge in [-0.25, -0.2) is 4.90 Å². The molecule has 0 radical (unpaired) electrons. The zero-order valence-corrected chi connectivity index (χ0v) is 26.7. The minimum atomic E-state index is -0.398. The molecular formula is C45H27N3O2. The van der Waals surface area contributed by atoms with Crippen molar-refractivity contribution in [1.82, 2.24) is 4.57 Å². The van der Waals surface area contributed by atoms with Crippen molar-refractivity contribution in [3.63, 3.8) is 0 Å². The summed E-state index contributed by atoms with van der Waals surface area (Å²) in [6.45, 7) is 0. The van der Waals surface area contributed by atoms with Crippen LogP contribution in [0.4, 0.5) is 5.69 Å². The van der Waals surface area contributed by atoms with Gasteiger partial charge in [0.1, 0.15) is 0 Å². The van der Waals surface area contributed by atoms with Crippen molar-refractivity contribution in [1.29, 1.82) is 5.26 Å². The zero-order valence-electron chi connectivity index (χ0n) is 26.7. The third-order valence-corrected chi connectivity index (χ3v) is 9.56. The van der Waals surface area contributed by atoms with E-state index in [0.29, 0.717) is 28.1 Å². The molecule has 1 aromatic heterocycles. The molecule has 1 aliphatic heterocycles. The van der Waals surface area contributed by atoms with Crippen LogP contribution in [0, 0.1) is 11.3 Å². The van der Waals surface area contributed by atoms with Crippen molar-refractivity contribution in [3.05, 3.63) is 180 Å². The highest BCUT2D eigenvalue weighted by molar-refractivity contribution is 6.37. The third-order valence-electron chi connectivity index (χ3n) is 9.56. The second-order valence-corrected chi connectivity index (χ2v) is 12.3. The molecule has 0 spiro atoms. The molecule has 0 bridgehead atoms. The number of para-hydroxylation sites is 1. The molecule has 0 aliphatic carbocycles. The molecule has 0 atom stereocenters. The number of anilines is 1. The van der Waals surface area contributed by atoms with Crippen LogP contribution in [0.1, 0.15) is 26.3 Å². The molecule has 0 N–H and O–H groups in total. The van der Waals surface area contributed by atoms with E-state index in [1.807, 2.05) is 132 Å². The normalized spacial score (nSPS) is 12.4. The molecule has 5 heteroatoms. The number of nitrogens with zero attached hydrogens (tertiary/aromatic N) is 3. The molecule has 2 heterocycles. The summed E-state index contributed by atoms with van der Waals surface area (Å²) in [4.78, 5) is 31.2. The van der Waals surface area contributed by atoms with Crippen LogP contribution in [0.5, 0.6) is 0 Å². The average Bonchev–Trinajstić information content (AvgIpc) is 3.66. The van der Waals surface area contributed by atoms with Crippen LogP contribution in [0.15, 0.2) is 164 Å². The largest absolute Gasteiger partial charge is 0.308 e. The Morgan fingerprint density at radius 2 is 1.04 bits per heavy atom. The van der Waals surface area contributed by atoms with Gasteiger partial charge in [0.05, 0.1) is 45.2 Å². The SMILES string of the molecule is N#Cc1cccc2c1c1ccccc1n2-c1cccc2c1C(=O)N(c1c(-c3ccccc3)cc(-c3ccccc3)cc1-c1ccccc1)C2=O. The van der Waals surface area contributed by atoms with Crippen molar-refractivity contribution >= 4 is 39.3 Å². The Hall–Kier alpha value is -7.03. The number of fused-ring (bicyclic) bond motifs is 4. The molecule has 234 valence electrons. The molecule has 5 nitrogen and oxygen atoms in total. The maximum Gasteiger partial charge on any atom is 0.268 e. The van der Waals surface area contributed by atoms with E-state index in [4.69, 9.17) is 0 Å². The van der Waals surface area contributed by atoms with Crippen LogP contribution < -0.4 is 4.90 Å². The Labute approximate surface area is 288 Å². The summed E-state index contributed by atoms with van der Waals surface area (Å²) in [5.74, 6) is -0.781. The van der Waals surface area contributed by atoms with Crippen molar-refractivity contribution < 1.29 is 9.59 Å². The van der Waals surface area contributed by atoms with Crippen molar-refractivity contribution in [2.45, 2.75) is 0 Å². The first-order chi connectivity index (χ1) is 24.6. The molecule has 8 aromatic rings. The lowest BCUT2D eigenvalue weighted by Crippen LogP contribution is -2.30. The quantitative estimate of drug-likeness (QED) is 0.176. The maximum absolute atomic E-state index is 15.1. The number of amides is 2. The fourth-order valence-electron chi connectivity index (χ4n) is 7.38. The lowest BCUT2D eigenvalue weighted by molar-refractivity contribution is 0.0926. The molecule has 1 aliphatic rings. The molecular weight excluding hydrogens is 615 g/mol. The Kier molecular flexibility index (Phi) is 6.75. The number of benzene rings is 7. The molecule has 7 aromatic carbocycles. The van der Waals surface area contributed by atoms with E-state index >= 15 is 4.79 Å². The van der Waals surface area contributed by atoms with Gasteiger partial charge in [0.2, 0.25) is 0 Å². The number of carbonyl (C=O) groups excluding carboxylic acids is 2. The molecule has 0 unspecified atom stereocenters. The van der Waals surface area contributed by atoms with Gasteiger partial charge in [-0.15, -0.1) is 0 Å². The van der Waals surface area contributed by atoms with Gasteiger partial charge in [0.15, 0.2) is 0 Å². The molecule has 0 saturated heterocycles. The van der Waals surface area contributed by atoms with E-state index < -0.39 is 5.91 Å². The van der Waals surface area contributed by atoms with E-state index in [-0.39, 0.29) is 5.91 Å². The van der Waals surface area contributed by atoms with Crippen LogP contribution in [-0.2, 0) is 0 Å². The fraction of sp³-hybridized carbons (Fsp3) is 0. The highest BCUT2D eigenvalue weighted by Crippen LogP contribution is 2.47. The first-order valence-electron chi connectivity index (χ1n) is 16.4. The number of hydrogen-bond donors (Lipinski definition) is 0. The molecule has 50 heavy (non-hydrogen) atoms. The van der Waals surface area contributed by atoms with Crippen molar-refractivity contribution in [2.24, 2.45) is 0 Å². The Bertz CT molecular complexity index is 2630. The Balaban J connectivity index is 1.33. The van der Waals surface area contributed by atoms with Crippen LogP contribution in [0.3, 0.4) is 0 Å². The number of rotatable bonds is 5. The summed E-state index contributed by atoms with van der Waals surface area (Å²) in [5, 5.41) is 11.7. The first-order valence-corrected chi connectivity index (χ1v) is 16.4. The first kappa shape index (κ1) is 29.1. The Morgan fingerprint density at radius 3 is 1.68 bits per heavy atom. The summed E-state index contributed by atoms with van der Waals surface area (Å²) in [7, 11) is 0. The summed E-state index contributed by atoms with van der Waals surface area (Å²) in [6, 6.07) is 55.4. The van der Waals surface area contributed by atoms with Gasteiger partial charge in [0, 0.05) is 21.9 Å². The van der Waals surface area contributed by atoms with Gasteiger partial charge in [-0.1, -0.05) is 121 Å². The highest BCUT2D eigenvalue weighted by atomic mass is 16.2. The van der Waals surface area contributed by atoms with Gasteiger partial charge in [-0.3, -0.25) is 9.59 Å². The van der Waals surface area contributed by atoms with Crippen LogP contribution in [0.2, 0.25) is 0 Å². The van der Waals surface area contributed by atoms with E-state index in [1.165, 1.54) is 4.90 Å². The van der Waals surface area contributed by atoms with Crippen molar-refractivity contribution in [2.75, 3.05) is 4.90 Å². The average molecular weight is 642 g/mol. The molecule has 9 rings (SSSR count). The van der Waals surface area contributed by atoms with Crippen LogP contribution >= 0.6 is 0 Å². The summed E-state index contributed by atoms with van der Waals surface area (Å²) >= 11 is 0. The van der Waals surface area contributed by atoms with Gasteiger partial charge < -0.3 is 4.57 Å². The lowest BCUT2D eigenvalue weighted by Gasteiger charge is -2.24. The zero-order chi connectivity index (χ0) is 33.8. The topological polar surface area (TPSA) is 66.1 Å². The molecule has 0 saturated carbocycles. The standard InChI is InChI=1S/C45H27N3O2/c46-28-32-20-12-24-39-41(32)34-21-10-11-23-38(34)47(39)40-25-13-22-35-42(40)45(50)48(44(35)49)43-36(30-16-6-2-7-17-30)26-33(29-14-4-1-5-15-29)27-37(43)31-18-8-3-9-19-31/h1-27H. The highest BCUT2D eigenvalue weighted by Gasteiger charge is 2.41. The second-order valence-electron chi connectivity index (χ2n) is 12.3. The number of carbonyl (C=O) groups is 2. The van der Waals surface area contributed by atoms with Crippen LogP contribution in [-0.4, -0.2) is 16.4 Å².